The van der Waals surface area contributed by atoms with Crippen molar-refractivity contribution in [1.82, 2.24) is 0 Å². The molecule has 0 spiro atoms. The Bertz CT molecular complexity index is 2750. The fourth-order valence-electron chi connectivity index (χ4n) is 9.67. The van der Waals surface area contributed by atoms with E-state index < -0.39 is 0 Å². The summed E-state index contributed by atoms with van der Waals surface area (Å²) in [7, 11) is 0. The zero-order valence-electron chi connectivity index (χ0n) is 35.7. The number of rotatable bonds is 3. The number of furan rings is 1. The summed E-state index contributed by atoms with van der Waals surface area (Å²) in [5.41, 5.74) is 19.9. The molecule has 0 saturated heterocycles. The summed E-state index contributed by atoms with van der Waals surface area (Å²) in [6.07, 6.45) is 0. The van der Waals surface area contributed by atoms with Crippen LogP contribution >= 0.6 is 0 Å². The third kappa shape index (κ3) is 5.42. The van der Waals surface area contributed by atoms with Gasteiger partial charge in [0.15, 0.2) is 0 Å². The SMILES string of the molecule is CC(C)(C)c1ccc2c(c1)C(C)(C)c1cc(N(c3ccc4c(c3)C(C)(C)c3ccccc3-4)c3ccc4c(c3)oc3cc(C(C)(C)C)cc(C(C)(C)C)c34)ccc1-2. The van der Waals surface area contributed by atoms with Crippen LogP contribution in [0.4, 0.5) is 17.1 Å². The molecule has 9 rings (SSSR count). The first-order valence-electron chi connectivity index (χ1n) is 20.5. The molecule has 0 unspecified atom stereocenters. The van der Waals surface area contributed by atoms with Crippen molar-refractivity contribution in [2.24, 2.45) is 0 Å². The maximum absolute atomic E-state index is 6.90. The largest absolute Gasteiger partial charge is 0.456 e. The normalized spacial score (nSPS) is 15.5. The summed E-state index contributed by atoms with van der Waals surface area (Å²) in [6, 6.07) is 41.8. The van der Waals surface area contributed by atoms with Crippen LogP contribution in [0.3, 0.4) is 0 Å². The number of nitrogens with zero attached hydrogens (tertiary/aromatic N) is 1. The fourth-order valence-corrected chi connectivity index (χ4v) is 9.67. The molecule has 2 aliphatic carbocycles. The molecule has 0 saturated carbocycles. The van der Waals surface area contributed by atoms with E-state index in [1.165, 1.54) is 72.0 Å². The summed E-state index contributed by atoms with van der Waals surface area (Å²) in [5.74, 6) is 0. The lowest BCUT2D eigenvalue weighted by Crippen LogP contribution is -2.19. The molecule has 0 radical (unpaired) electrons. The van der Waals surface area contributed by atoms with Gasteiger partial charge in [-0.1, -0.05) is 151 Å². The Morgan fingerprint density at radius 3 is 1.52 bits per heavy atom. The first-order chi connectivity index (χ1) is 26.2. The highest BCUT2D eigenvalue weighted by Gasteiger charge is 2.38. The first-order valence-corrected chi connectivity index (χ1v) is 20.5. The lowest BCUT2D eigenvalue weighted by atomic mass is 9.79. The van der Waals surface area contributed by atoms with Gasteiger partial charge in [0.1, 0.15) is 11.2 Å². The third-order valence-electron chi connectivity index (χ3n) is 13.1. The molecule has 2 aliphatic rings. The van der Waals surface area contributed by atoms with Gasteiger partial charge in [0.25, 0.3) is 0 Å². The van der Waals surface area contributed by atoms with E-state index in [1.54, 1.807) is 0 Å². The van der Waals surface area contributed by atoms with Gasteiger partial charge in [0.05, 0.1) is 0 Å². The number of hydrogen-bond donors (Lipinski definition) is 0. The molecule has 0 fully saturated rings. The molecule has 2 heteroatoms. The van der Waals surface area contributed by atoms with Crippen molar-refractivity contribution >= 4 is 39.0 Å². The van der Waals surface area contributed by atoms with Crippen LogP contribution < -0.4 is 4.90 Å². The van der Waals surface area contributed by atoms with Crippen LogP contribution in [0.2, 0.25) is 0 Å². The van der Waals surface area contributed by atoms with E-state index in [4.69, 9.17) is 4.42 Å². The zero-order valence-corrected chi connectivity index (χ0v) is 35.7. The molecular formula is C54H57NO. The Morgan fingerprint density at radius 1 is 0.429 bits per heavy atom. The van der Waals surface area contributed by atoms with Crippen molar-refractivity contribution in [2.45, 2.75) is 117 Å². The van der Waals surface area contributed by atoms with Crippen LogP contribution in [0.5, 0.6) is 0 Å². The van der Waals surface area contributed by atoms with E-state index in [1.807, 2.05) is 0 Å². The number of fused-ring (bicyclic) bond motifs is 9. The third-order valence-corrected chi connectivity index (χ3v) is 13.1. The van der Waals surface area contributed by atoms with Gasteiger partial charge < -0.3 is 9.32 Å². The highest BCUT2D eigenvalue weighted by Crippen LogP contribution is 2.54. The van der Waals surface area contributed by atoms with Gasteiger partial charge in [-0.2, -0.15) is 0 Å². The van der Waals surface area contributed by atoms with Crippen molar-refractivity contribution in [2.75, 3.05) is 4.90 Å². The smallest absolute Gasteiger partial charge is 0.137 e. The van der Waals surface area contributed by atoms with Gasteiger partial charge in [0, 0.05) is 44.7 Å². The van der Waals surface area contributed by atoms with E-state index in [-0.39, 0.29) is 27.1 Å². The summed E-state index contributed by atoms with van der Waals surface area (Å²) in [5, 5.41) is 2.39. The van der Waals surface area contributed by atoms with Crippen molar-refractivity contribution in [3.05, 3.63) is 148 Å². The second kappa shape index (κ2) is 11.7. The highest BCUT2D eigenvalue weighted by atomic mass is 16.3. The van der Waals surface area contributed by atoms with Gasteiger partial charge in [-0.15, -0.1) is 0 Å². The molecule has 0 atom stereocenters. The van der Waals surface area contributed by atoms with Gasteiger partial charge in [-0.3, -0.25) is 0 Å². The quantitative estimate of drug-likeness (QED) is 0.180. The monoisotopic (exact) mass is 735 g/mol. The Hall–Kier alpha value is -5.08. The van der Waals surface area contributed by atoms with E-state index in [9.17, 15) is 0 Å². The van der Waals surface area contributed by atoms with E-state index in [0.717, 1.165) is 28.2 Å². The summed E-state index contributed by atoms with van der Waals surface area (Å²) >= 11 is 0. The number of benzene rings is 6. The average Bonchev–Trinajstić information content (AvgIpc) is 3.69. The predicted octanol–water partition coefficient (Wildman–Crippen LogP) is 15.6. The summed E-state index contributed by atoms with van der Waals surface area (Å²) < 4.78 is 6.90. The highest BCUT2D eigenvalue weighted by molar-refractivity contribution is 6.08. The van der Waals surface area contributed by atoms with Crippen LogP contribution in [-0.2, 0) is 27.1 Å². The fraction of sp³-hybridized carbons (Fsp3) is 0.333. The number of anilines is 3. The molecule has 0 aliphatic heterocycles. The molecule has 6 aromatic carbocycles. The molecule has 0 bridgehead atoms. The minimum absolute atomic E-state index is 0.00540. The van der Waals surface area contributed by atoms with Gasteiger partial charge in [0.2, 0.25) is 0 Å². The zero-order chi connectivity index (χ0) is 39.9. The molecule has 56 heavy (non-hydrogen) atoms. The van der Waals surface area contributed by atoms with Crippen LogP contribution in [0.15, 0.2) is 114 Å². The van der Waals surface area contributed by atoms with Crippen LogP contribution in [-0.4, -0.2) is 0 Å². The standard InChI is InChI=1S/C54H57NO/c1-50(2,3)32-18-22-38-40-24-20-35(30-45(40)54(12,13)43(38)26-32)55(34-19-23-39-37-16-14-15-17-42(37)53(10,11)44(39)29-34)36-21-25-41-47(31-36)56-48-28-33(51(4,5)6)27-46(49(41)48)52(7,8)9/h14-31H,1-13H3. The van der Waals surface area contributed by atoms with E-state index >= 15 is 0 Å². The molecule has 284 valence electrons. The minimum atomic E-state index is -0.147. The topological polar surface area (TPSA) is 16.4 Å². The molecule has 0 amide bonds. The van der Waals surface area contributed by atoms with Crippen LogP contribution in [0, 0.1) is 0 Å². The second-order valence-corrected chi connectivity index (χ2v) is 20.8. The van der Waals surface area contributed by atoms with Crippen LogP contribution in [0.25, 0.3) is 44.2 Å². The van der Waals surface area contributed by atoms with E-state index in [0.29, 0.717) is 0 Å². The number of hydrogen-bond acceptors (Lipinski definition) is 2. The summed E-state index contributed by atoms with van der Waals surface area (Å²) in [4.78, 5) is 2.46. The van der Waals surface area contributed by atoms with Gasteiger partial charge in [-0.25, -0.2) is 0 Å². The van der Waals surface area contributed by atoms with Crippen molar-refractivity contribution in [3.63, 3.8) is 0 Å². The lowest BCUT2D eigenvalue weighted by molar-refractivity contribution is 0.569. The molecule has 1 heterocycles. The Morgan fingerprint density at radius 2 is 0.929 bits per heavy atom. The molecule has 1 aromatic heterocycles. The molecule has 0 N–H and O–H groups in total. The predicted molar refractivity (Wildman–Crippen MR) is 240 cm³/mol. The van der Waals surface area contributed by atoms with Gasteiger partial charge in [-0.05, 0) is 120 Å². The van der Waals surface area contributed by atoms with Crippen LogP contribution in [0.1, 0.15) is 129 Å². The lowest BCUT2D eigenvalue weighted by Gasteiger charge is -2.30. The molecule has 2 nitrogen and oxygen atoms in total. The maximum Gasteiger partial charge on any atom is 0.137 e. The van der Waals surface area contributed by atoms with Crippen molar-refractivity contribution in [1.29, 1.82) is 0 Å². The summed E-state index contributed by atoms with van der Waals surface area (Å²) in [6.45, 7) is 30.3. The second-order valence-electron chi connectivity index (χ2n) is 20.8. The molecular weight excluding hydrogens is 679 g/mol. The van der Waals surface area contributed by atoms with Crippen molar-refractivity contribution in [3.8, 4) is 22.3 Å². The first kappa shape index (κ1) is 36.6. The Labute approximate surface area is 334 Å². The minimum Gasteiger partial charge on any atom is -0.456 e. The molecule has 7 aromatic rings. The Kier molecular flexibility index (Phi) is 7.66. The van der Waals surface area contributed by atoms with Gasteiger partial charge >= 0.3 is 0 Å². The maximum atomic E-state index is 6.90. The van der Waals surface area contributed by atoms with E-state index in [2.05, 4.69) is 204 Å². The Balaban J connectivity index is 1.26. The average molecular weight is 736 g/mol. The van der Waals surface area contributed by atoms with Crippen molar-refractivity contribution < 1.29 is 4.42 Å².